The van der Waals surface area contributed by atoms with Crippen molar-refractivity contribution in [2.75, 3.05) is 6.61 Å². The van der Waals surface area contributed by atoms with Gasteiger partial charge in [-0.1, -0.05) is 6.92 Å². The molecule has 0 radical (unpaired) electrons. The quantitative estimate of drug-likeness (QED) is 0.680. The SMILES string of the molecule is CCOC(=O)C(C)CCc1nc2[nH]c(=O)n(C)c(=O)c2n1COC(=O)C(C)(C)C. The van der Waals surface area contributed by atoms with Crippen LogP contribution in [0.5, 0.6) is 0 Å². The van der Waals surface area contributed by atoms with Gasteiger partial charge in [0.1, 0.15) is 5.82 Å². The van der Waals surface area contributed by atoms with Gasteiger partial charge >= 0.3 is 17.6 Å². The Morgan fingerprint density at radius 2 is 1.86 bits per heavy atom. The summed E-state index contributed by atoms with van der Waals surface area (Å²) in [6.07, 6.45) is 0.743. The summed E-state index contributed by atoms with van der Waals surface area (Å²) in [6.45, 7) is 8.71. The van der Waals surface area contributed by atoms with E-state index in [1.165, 1.54) is 11.6 Å². The predicted molar refractivity (Wildman–Crippen MR) is 105 cm³/mol. The maximum absolute atomic E-state index is 12.6. The Morgan fingerprint density at radius 3 is 2.45 bits per heavy atom. The van der Waals surface area contributed by atoms with E-state index in [-0.39, 0.29) is 29.8 Å². The van der Waals surface area contributed by atoms with Crippen molar-refractivity contribution in [3.05, 3.63) is 26.7 Å². The third-order valence-electron chi connectivity index (χ3n) is 4.51. The van der Waals surface area contributed by atoms with Crippen LogP contribution in [0.15, 0.2) is 9.59 Å². The number of rotatable bonds is 7. The smallest absolute Gasteiger partial charge is 0.329 e. The van der Waals surface area contributed by atoms with Crippen LogP contribution in [0.2, 0.25) is 0 Å². The Morgan fingerprint density at radius 1 is 1.21 bits per heavy atom. The van der Waals surface area contributed by atoms with Gasteiger partial charge in [-0.25, -0.2) is 9.78 Å². The van der Waals surface area contributed by atoms with Crippen LogP contribution in [0.25, 0.3) is 11.2 Å². The molecule has 10 nitrogen and oxygen atoms in total. The minimum absolute atomic E-state index is 0.115. The molecule has 0 bridgehead atoms. The molecule has 0 amide bonds. The minimum Gasteiger partial charge on any atom is -0.466 e. The van der Waals surface area contributed by atoms with Crippen LogP contribution in [-0.2, 0) is 39.3 Å². The zero-order valence-electron chi connectivity index (χ0n) is 17.7. The van der Waals surface area contributed by atoms with Gasteiger partial charge in [-0.2, -0.15) is 0 Å². The van der Waals surface area contributed by atoms with Crippen molar-refractivity contribution in [2.24, 2.45) is 18.4 Å². The molecule has 10 heteroatoms. The molecule has 2 rings (SSSR count). The van der Waals surface area contributed by atoms with E-state index in [9.17, 15) is 19.2 Å². The molecule has 0 aliphatic rings. The van der Waals surface area contributed by atoms with E-state index in [0.29, 0.717) is 25.3 Å². The van der Waals surface area contributed by atoms with Crippen molar-refractivity contribution < 1.29 is 19.1 Å². The topological polar surface area (TPSA) is 125 Å². The number of ether oxygens (including phenoxy) is 2. The van der Waals surface area contributed by atoms with E-state index in [0.717, 1.165) is 4.57 Å². The van der Waals surface area contributed by atoms with Crippen molar-refractivity contribution in [2.45, 2.75) is 54.2 Å². The van der Waals surface area contributed by atoms with Crippen LogP contribution in [0, 0.1) is 11.3 Å². The minimum atomic E-state index is -0.714. The number of hydrogen-bond acceptors (Lipinski definition) is 7. The molecule has 2 aromatic heterocycles. The molecule has 0 aliphatic heterocycles. The summed E-state index contributed by atoms with van der Waals surface area (Å²) in [5, 5.41) is 0. The Labute approximate surface area is 167 Å². The summed E-state index contributed by atoms with van der Waals surface area (Å²) in [5.41, 5.74) is -1.61. The number of nitrogens with one attached hydrogen (secondary N) is 1. The zero-order chi connectivity index (χ0) is 21.9. The van der Waals surface area contributed by atoms with E-state index >= 15 is 0 Å². The molecule has 0 spiro atoms. The monoisotopic (exact) mass is 408 g/mol. The van der Waals surface area contributed by atoms with Gasteiger partial charge in [-0.3, -0.25) is 28.5 Å². The van der Waals surface area contributed by atoms with Crippen molar-refractivity contribution in [3.63, 3.8) is 0 Å². The fraction of sp³-hybridized carbons (Fsp3) is 0.632. The molecule has 1 N–H and O–H groups in total. The van der Waals surface area contributed by atoms with Crippen LogP contribution < -0.4 is 11.2 Å². The maximum atomic E-state index is 12.6. The van der Waals surface area contributed by atoms with Gasteiger partial charge in [-0.05, 0) is 34.1 Å². The van der Waals surface area contributed by atoms with E-state index < -0.39 is 22.6 Å². The molecule has 0 aliphatic carbocycles. The Balaban J connectivity index is 2.41. The van der Waals surface area contributed by atoms with Gasteiger partial charge in [-0.15, -0.1) is 0 Å². The molecule has 0 saturated heterocycles. The molecule has 1 unspecified atom stereocenters. The molecule has 0 aromatic carbocycles. The number of carbonyl (C=O) groups excluding carboxylic acids is 2. The molecule has 0 saturated carbocycles. The average Bonchev–Trinajstić information content (AvgIpc) is 2.98. The lowest BCUT2D eigenvalue weighted by Crippen LogP contribution is -2.33. The second kappa shape index (κ2) is 8.62. The van der Waals surface area contributed by atoms with E-state index in [4.69, 9.17) is 9.47 Å². The molecule has 2 heterocycles. The van der Waals surface area contributed by atoms with Gasteiger partial charge in [0, 0.05) is 13.5 Å². The lowest BCUT2D eigenvalue weighted by atomic mass is 9.98. The Bertz CT molecular complexity index is 1020. The second-order valence-electron chi connectivity index (χ2n) is 7.95. The van der Waals surface area contributed by atoms with E-state index in [2.05, 4.69) is 9.97 Å². The Hall–Kier alpha value is -2.91. The third-order valence-corrected chi connectivity index (χ3v) is 4.51. The molecule has 2 aromatic rings. The molecule has 0 fully saturated rings. The molecular formula is C19H28N4O6. The first kappa shape index (κ1) is 22.4. The highest BCUT2D eigenvalue weighted by Gasteiger charge is 2.25. The van der Waals surface area contributed by atoms with E-state index in [1.54, 1.807) is 34.6 Å². The summed E-state index contributed by atoms with van der Waals surface area (Å²) in [6, 6.07) is 0. The molecular weight excluding hydrogens is 380 g/mol. The first-order chi connectivity index (χ1) is 13.5. The lowest BCUT2D eigenvalue weighted by molar-refractivity contribution is -0.156. The first-order valence-electron chi connectivity index (χ1n) is 9.49. The highest BCUT2D eigenvalue weighted by atomic mass is 16.5. The number of aromatic nitrogens is 4. The Kier molecular flexibility index (Phi) is 6.66. The summed E-state index contributed by atoms with van der Waals surface area (Å²) in [5.74, 6) is -0.705. The highest BCUT2D eigenvalue weighted by molar-refractivity contribution is 5.75. The number of nitrogens with zero attached hydrogens (tertiary/aromatic N) is 3. The van der Waals surface area contributed by atoms with Crippen LogP contribution in [0.4, 0.5) is 0 Å². The number of aryl methyl sites for hydroxylation is 1. The van der Waals surface area contributed by atoms with Gasteiger partial charge < -0.3 is 9.47 Å². The van der Waals surface area contributed by atoms with Gasteiger partial charge in [0.05, 0.1) is 17.9 Å². The van der Waals surface area contributed by atoms with Gasteiger partial charge in [0.25, 0.3) is 5.56 Å². The van der Waals surface area contributed by atoms with E-state index in [1.807, 2.05) is 0 Å². The van der Waals surface area contributed by atoms with Crippen LogP contribution in [0.1, 0.15) is 46.9 Å². The van der Waals surface area contributed by atoms with Crippen LogP contribution >= 0.6 is 0 Å². The highest BCUT2D eigenvalue weighted by Crippen LogP contribution is 2.18. The normalized spacial score (nSPS) is 12.8. The third kappa shape index (κ3) is 4.93. The second-order valence-corrected chi connectivity index (χ2v) is 7.95. The standard InChI is InChI=1S/C19H28N4O6/c1-7-28-16(25)11(2)8-9-12-20-14-13(15(24)22(6)18(27)21-14)23(12)10-29-17(26)19(3,4)5/h11H,7-10H2,1-6H3,(H,21,27). The fourth-order valence-corrected chi connectivity index (χ4v) is 2.66. The summed E-state index contributed by atoms with van der Waals surface area (Å²) >= 11 is 0. The largest absolute Gasteiger partial charge is 0.466 e. The van der Waals surface area contributed by atoms with Crippen molar-refractivity contribution in [1.29, 1.82) is 0 Å². The number of imidazole rings is 1. The number of fused-ring (bicyclic) bond motifs is 1. The predicted octanol–water partition coefficient (Wildman–Crippen LogP) is 1.10. The van der Waals surface area contributed by atoms with Crippen LogP contribution in [0.3, 0.4) is 0 Å². The van der Waals surface area contributed by atoms with Crippen LogP contribution in [-0.4, -0.2) is 37.6 Å². The maximum Gasteiger partial charge on any atom is 0.329 e. The number of esters is 2. The molecule has 1 atom stereocenters. The zero-order valence-corrected chi connectivity index (χ0v) is 17.7. The average molecular weight is 408 g/mol. The number of hydrogen-bond donors (Lipinski definition) is 1. The van der Waals surface area contributed by atoms with Crippen molar-refractivity contribution in [3.8, 4) is 0 Å². The number of carbonyl (C=O) groups is 2. The lowest BCUT2D eigenvalue weighted by Gasteiger charge is -2.18. The van der Waals surface area contributed by atoms with Gasteiger partial charge in [0.2, 0.25) is 0 Å². The summed E-state index contributed by atoms with van der Waals surface area (Å²) in [4.78, 5) is 55.5. The molecule has 29 heavy (non-hydrogen) atoms. The fourth-order valence-electron chi connectivity index (χ4n) is 2.66. The van der Waals surface area contributed by atoms with Crippen molar-refractivity contribution >= 4 is 23.1 Å². The molecule has 160 valence electrons. The summed E-state index contributed by atoms with van der Waals surface area (Å²) in [7, 11) is 1.35. The first-order valence-corrected chi connectivity index (χ1v) is 9.49. The summed E-state index contributed by atoms with van der Waals surface area (Å²) < 4.78 is 12.8. The van der Waals surface area contributed by atoms with Gasteiger partial charge in [0.15, 0.2) is 17.9 Å². The number of aromatic amines is 1. The van der Waals surface area contributed by atoms with Crippen molar-refractivity contribution in [1.82, 2.24) is 19.1 Å². The number of H-pyrrole nitrogens is 1.